The fraction of sp³-hybridized carbons (Fsp3) is 0.364. The second-order valence-electron chi connectivity index (χ2n) is 6.59. The third-order valence-corrected chi connectivity index (χ3v) is 6.18. The van der Waals surface area contributed by atoms with Gasteiger partial charge in [-0.05, 0) is 48.7 Å². The normalized spacial score (nSPS) is 11.7. The highest BCUT2D eigenvalue weighted by atomic mass is 79.9. The summed E-state index contributed by atoms with van der Waals surface area (Å²) in [6.07, 6.45) is 0.558. The van der Waals surface area contributed by atoms with Crippen molar-refractivity contribution in [1.29, 1.82) is 0 Å². The SMILES string of the molecule is CCNC(=O)[C@H](CC)N(Cc1ccc(Cl)cc1)C(=O)CSCc1ccc(Br)cc1. The molecule has 0 saturated carbocycles. The Bertz CT molecular complexity index is 799. The molecule has 29 heavy (non-hydrogen) atoms. The summed E-state index contributed by atoms with van der Waals surface area (Å²) in [5.74, 6) is 0.904. The first-order chi connectivity index (χ1) is 13.9. The number of thioether (sulfide) groups is 1. The fourth-order valence-electron chi connectivity index (χ4n) is 2.92. The van der Waals surface area contributed by atoms with Crippen molar-refractivity contribution in [2.75, 3.05) is 12.3 Å². The summed E-state index contributed by atoms with van der Waals surface area (Å²) >= 11 is 11.0. The topological polar surface area (TPSA) is 49.4 Å². The molecular weight excluding hydrogens is 472 g/mol. The molecule has 2 aromatic rings. The van der Waals surface area contributed by atoms with Gasteiger partial charge in [0.25, 0.3) is 0 Å². The molecule has 0 heterocycles. The van der Waals surface area contributed by atoms with Gasteiger partial charge in [0.05, 0.1) is 5.75 Å². The lowest BCUT2D eigenvalue weighted by Crippen LogP contribution is -2.49. The van der Waals surface area contributed by atoms with Gasteiger partial charge in [-0.15, -0.1) is 11.8 Å². The Morgan fingerprint density at radius 2 is 1.69 bits per heavy atom. The number of rotatable bonds is 10. The first-order valence-corrected chi connectivity index (χ1v) is 11.9. The average Bonchev–Trinajstić information content (AvgIpc) is 2.71. The van der Waals surface area contributed by atoms with E-state index in [1.54, 1.807) is 28.8 Å². The molecule has 0 aromatic heterocycles. The van der Waals surface area contributed by atoms with Crippen molar-refractivity contribution in [3.8, 4) is 0 Å². The second kappa shape index (κ2) is 12.3. The summed E-state index contributed by atoms with van der Waals surface area (Å²) in [6, 6.07) is 15.0. The van der Waals surface area contributed by atoms with Gasteiger partial charge in [-0.2, -0.15) is 0 Å². The van der Waals surface area contributed by atoms with E-state index < -0.39 is 6.04 Å². The first kappa shape index (κ1) is 23.8. The Morgan fingerprint density at radius 1 is 1.07 bits per heavy atom. The van der Waals surface area contributed by atoms with Gasteiger partial charge in [-0.3, -0.25) is 9.59 Å². The number of halogens is 2. The maximum absolute atomic E-state index is 13.1. The Kier molecular flexibility index (Phi) is 10.0. The average molecular weight is 498 g/mol. The van der Waals surface area contributed by atoms with Crippen molar-refractivity contribution in [2.24, 2.45) is 0 Å². The maximum atomic E-state index is 13.1. The lowest BCUT2D eigenvalue weighted by Gasteiger charge is -2.30. The van der Waals surface area contributed by atoms with Gasteiger partial charge in [-0.1, -0.05) is 58.7 Å². The van der Waals surface area contributed by atoms with E-state index >= 15 is 0 Å². The summed E-state index contributed by atoms with van der Waals surface area (Å²) in [4.78, 5) is 27.3. The molecule has 0 saturated heterocycles. The molecule has 0 aliphatic carbocycles. The number of likely N-dealkylation sites (N-methyl/N-ethyl adjacent to an activating group) is 1. The van der Waals surface area contributed by atoms with Crippen LogP contribution < -0.4 is 5.32 Å². The molecular formula is C22H26BrClN2O2S. The van der Waals surface area contributed by atoms with E-state index in [2.05, 4.69) is 21.2 Å². The van der Waals surface area contributed by atoms with Crippen LogP contribution >= 0.6 is 39.3 Å². The predicted molar refractivity (Wildman–Crippen MR) is 125 cm³/mol. The van der Waals surface area contributed by atoms with Crippen LogP contribution in [0.3, 0.4) is 0 Å². The summed E-state index contributed by atoms with van der Waals surface area (Å²) < 4.78 is 1.03. The summed E-state index contributed by atoms with van der Waals surface area (Å²) in [5.41, 5.74) is 2.11. The van der Waals surface area contributed by atoms with E-state index in [-0.39, 0.29) is 11.8 Å². The molecule has 2 amide bonds. The Morgan fingerprint density at radius 3 is 2.28 bits per heavy atom. The Hall–Kier alpha value is -1.50. The summed E-state index contributed by atoms with van der Waals surface area (Å²) in [7, 11) is 0. The van der Waals surface area contributed by atoms with Crippen molar-refractivity contribution in [2.45, 2.75) is 38.6 Å². The van der Waals surface area contributed by atoms with Gasteiger partial charge < -0.3 is 10.2 Å². The van der Waals surface area contributed by atoms with E-state index in [9.17, 15) is 9.59 Å². The molecule has 2 rings (SSSR count). The first-order valence-electron chi connectivity index (χ1n) is 9.58. The van der Waals surface area contributed by atoms with Crippen molar-refractivity contribution in [3.05, 3.63) is 69.2 Å². The van der Waals surface area contributed by atoms with E-state index in [0.717, 1.165) is 21.4 Å². The zero-order chi connectivity index (χ0) is 21.2. The largest absolute Gasteiger partial charge is 0.355 e. The standard InChI is InChI=1S/C22H26BrClN2O2S/c1-3-20(22(28)25-4-2)26(13-16-7-11-19(24)12-8-16)21(27)15-29-14-17-5-9-18(23)10-6-17/h5-12,20H,3-4,13-15H2,1-2H3,(H,25,28)/t20-/m0/s1. The molecule has 0 fully saturated rings. The van der Waals surface area contributed by atoms with E-state index in [0.29, 0.717) is 30.3 Å². The molecule has 2 aromatic carbocycles. The third-order valence-electron chi connectivity index (χ3n) is 4.41. The monoisotopic (exact) mass is 496 g/mol. The number of nitrogens with zero attached hydrogens (tertiary/aromatic N) is 1. The van der Waals surface area contributed by atoms with Gasteiger partial charge in [0.15, 0.2) is 0 Å². The number of benzene rings is 2. The highest BCUT2D eigenvalue weighted by molar-refractivity contribution is 9.10. The second-order valence-corrected chi connectivity index (χ2v) is 8.92. The maximum Gasteiger partial charge on any atom is 0.242 e. The minimum atomic E-state index is -0.494. The Balaban J connectivity index is 2.08. The van der Waals surface area contributed by atoms with Crippen LogP contribution in [0.4, 0.5) is 0 Å². The van der Waals surface area contributed by atoms with E-state index in [1.165, 1.54) is 0 Å². The van der Waals surface area contributed by atoms with Crippen LogP contribution in [0.2, 0.25) is 5.02 Å². The smallest absolute Gasteiger partial charge is 0.242 e. The minimum absolute atomic E-state index is 0.0415. The molecule has 1 atom stereocenters. The molecule has 1 N–H and O–H groups in total. The van der Waals surface area contributed by atoms with Crippen molar-refractivity contribution < 1.29 is 9.59 Å². The zero-order valence-corrected chi connectivity index (χ0v) is 19.8. The lowest BCUT2D eigenvalue weighted by molar-refractivity contribution is -0.139. The summed E-state index contributed by atoms with van der Waals surface area (Å²) in [6.45, 7) is 4.72. The van der Waals surface area contributed by atoms with Gasteiger partial charge in [-0.25, -0.2) is 0 Å². The molecule has 7 heteroatoms. The van der Waals surface area contributed by atoms with Crippen molar-refractivity contribution in [1.82, 2.24) is 10.2 Å². The predicted octanol–water partition coefficient (Wildman–Crippen LogP) is 5.28. The zero-order valence-electron chi connectivity index (χ0n) is 16.7. The van der Waals surface area contributed by atoms with Crippen molar-refractivity contribution >= 4 is 51.1 Å². The lowest BCUT2D eigenvalue weighted by atomic mass is 10.1. The van der Waals surface area contributed by atoms with Gasteiger partial charge >= 0.3 is 0 Å². The molecule has 0 aliphatic rings. The van der Waals surface area contributed by atoms with Gasteiger partial charge in [0.2, 0.25) is 11.8 Å². The van der Waals surface area contributed by atoms with Crippen LogP contribution in [-0.2, 0) is 21.9 Å². The molecule has 4 nitrogen and oxygen atoms in total. The highest BCUT2D eigenvalue weighted by Gasteiger charge is 2.28. The number of carbonyl (C=O) groups is 2. The number of amides is 2. The van der Waals surface area contributed by atoms with E-state index in [1.807, 2.05) is 50.2 Å². The highest BCUT2D eigenvalue weighted by Crippen LogP contribution is 2.19. The van der Waals surface area contributed by atoms with Crippen LogP contribution in [0.15, 0.2) is 53.0 Å². The van der Waals surface area contributed by atoms with Gasteiger partial charge in [0, 0.05) is 28.3 Å². The van der Waals surface area contributed by atoms with Gasteiger partial charge in [0.1, 0.15) is 6.04 Å². The number of hydrogen-bond donors (Lipinski definition) is 1. The molecule has 156 valence electrons. The van der Waals surface area contributed by atoms with Crippen LogP contribution in [-0.4, -0.2) is 35.1 Å². The van der Waals surface area contributed by atoms with Crippen LogP contribution in [0.1, 0.15) is 31.4 Å². The number of hydrogen-bond acceptors (Lipinski definition) is 3. The fourth-order valence-corrected chi connectivity index (χ4v) is 4.18. The van der Waals surface area contributed by atoms with Crippen LogP contribution in [0.25, 0.3) is 0 Å². The Labute approximate surface area is 190 Å². The van der Waals surface area contributed by atoms with E-state index in [4.69, 9.17) is 11.6 Å². The third kappa shape index (κ3) is 7.68. The molecule has 0 unspecified atom stereocenters. The van der Waals surface area contributed by atoms with Crippen LogP contribution in [0, 0.1) is 0 Å². The number of nitrogens with one attached hydrogen (secondary N) is 1. The molecule has 0 bridgehead atoms. The van der Waals surface area contributed by atoms with Crippen LogP contribution in [0.5, 0.6) is 0 Å². The summed E-state index contributed by atoms with van der Waals surface area (Å²) in [5, 5.41) is 3.49. The quantitative estimate of drug-likeness (QED) is 0.486. The van der Waals surface area contributed by atoms with Crippen molar-refractivity contribution in [3.63, 3.8) is 0 Å². The molecule has 0 radical (unpaired) electrons. The molecule has 0 aliphatic heterocycles. The minimum Gasteiger partial charge on any atom is -0.355 e. The molecule has 0 spiro atoms. The number of carbonyl (C=O) groups excluding carboxylic acids is 2.